The number of piperidine rings is 1. The van der Waals surface area contributed by atoms with Crippen LogP contribution < -0.4 is 5.32 Å². The maximum atomic E-state index is 12.4. The van der Waals surface area contributed by atoms with E-state index in [0.29, 0.717) is 12.0 Å². The number of ether oxygens (including phenoxy) is 1. The van der Waals surface area contributed by atoms with Gasteiger partial charge in [-0.05, 0) is 37.8 Å². The van der Waals surface area contributed by atoms with Gasteiger partial charge in [-0.15, -0.1) is 12.4 Å². The predicted octanol–water partition coefficient (Wildman–Crippen LogP) is 2.27. The Kier molecular flexibility index (Phi) is 7.34. The van der Waals surface area contributed by atoms with E-state index >= 15 is 0 Å². The topological polar surface area (TPSA) is 41.6 Å². The molecule has 0 spiro atoms. The molecule has 0 saturated carbocycles. The van der Waals surface area contributed by atoms with E-state index in [4.69, 9.17) is 4.74 Å². The van der Waals surface area contributed by atoms with Crippen LogP contribution in [0.25, 0.3) is 0 Å². The average molecular weight is 339 g/mol. The summed E-state index contributed by atoms with van der Waals surface area (Å²) in [6, 6.07) is 10.5. The van der Waals surface area contributed by atoms with Crippen LogP contribution in [0.15, 0.2) is 30.3 Å². The third kappa shape index (κ3) is 5.20. The van der Waals surface area contributed by atoms with Gasteiger partial charge in [0.1, 0.15) is 0 Å². The van der Waals surface area contributed by atoms with E-state index in [1.807, 2.05) is 11.0 Å². The zero-order valence-corrected chi connectivity index (χ0v) is 14.4. The smallest absolute Gasteiger partial charge is 0.227 e. The van der Waals surface area contributed by atoms with E-state index in [9.17, 15) is 4.79 Å². The summed E-state index contributed by atoms with van der Waals surface area (Å²) in [6.07, 6.45) is 4.22. The van der Waals surface area contributed by atoms with E-state index < -0.39 is 0 Å². The van der Waals surface area contributed by atoms with Crippen molar-refractivity contribution in [2.75, 3.05) is 32.8 Å². The van der Waals surface area contributed by atoms with E-state index in [1.165, 1.54) is 5.56 Å². The van der Waals surface area contributed by atoms with Gasteiger partial charge in [0, 0.05) is 19.6 Å². The molecule has 5 heteroatoms. The van der Waals surface area contributed by atoms with Crippen molar-refractivity contribution in [3.05, 3.63) is 35.9 Å². The van der Waals surface area contributed by atoms with E-state index in [1.54, 1.807) is 0 Å². The minimum Gasteiger partial charge on any atom is -0.378 e. The minimum absolute atomic E-state index is 0. The highest BCUT2D eigenvalue weighted by molar-refractivity contribution is 5.85. The van der Waals surface area contributed by atoms with E-state index in [0.717, 1.165) is 58.5 Å². The fourth-order valence-electron chi connectivity index (χ4n) is 3.35. The molecule has 3 rings (SSSR count). The third-order valence-electron chi connectivity index (χ3n) is 4.75. The molecule has 1 aromatic carbocycles. The Morgan fingerprint density at radius 1 is 1.17 bits per heavy atom. The predicted molar refractivity (Wildman–Crippen MR) is 93.9 cm³/mol. The molecule has 1 aromatic rings. The van der Waals surface area contributed by atoms with Gasteiger partial charge in [0.2, 0.25) is 5.91 Å². The van der Waals surface area contributed by atoms with Crippen LogP contribution in [0, 0.1) is 5.92 Å². The highest BCUT2D eigenvalue weighted by Gasteiger charge is 2.30. The van der Waals surface area contributed by atoms with Crippen molar-refractivity contribution < 1.29 is 9.53 Å². The number of hydrogen-bond donors (Lipinski definition) is 1. The summed E-state index contributed by atoms with van der Waals surface area (Å²) in [5.41, 5.74) is 1.32. The first kappa shape index (κ1) is 18.2. The molecule has 23 heavy (non-hydrogen) atoms. The van der Waals surface area contributed by atoms with Crippen LogP contribution in [0.2, 0.25) is 0 Å². The normalized spacial score (nSPS) is 21.9. The molecule has 2 aliphatic heterocycles. The molecular formula is C18H27ClN2O2. The number of amides is 1. The first-order valence-electron chi connectivity index (χ1n) is 8.48. The van der Waals surface area contributed by atoms with E-state index in [-0.39, 0.29) is 18.3 Å². The first-order chi connectivity index (χ1) is 10.8. The zero-order valence-electron chi connectivity index (χ0n) is 13.6. The molecule has 1 unspecified atom stereocenters. The van der Waals surface area contributed by atoms with Crippen molar-refractivity contribution in [3.8, 4) is 0 Å². The second-order valence-electron chi connectivity index (χ2n) is 6.32. The monoisotopic (exact) mass is 338 g/mol. The molecule has 0 aliphatic carbocycles. The Morgan fingerprint density at radius 2 is 1.91 bits per heavy atom. The number of carbonyl (C=O) groups excluding carboxylic acids is 1. The van der Waals surface area contributed by atoms with Crippen LogP contribution in [-0.2, 0) is 16.0 Å². The lowest BCUT2D eigenvalue weighted by molar-refractivity contribution is -0.137. The molecule has 1 amide bonds. The fourth-order valence-corrected chi connectivity index (χ4v) is 3.35. The number of hydrogen-bond acceptors (Lipinski definition) is 3. The quantitative estimate of drug-likeness (QED) is 0.895. The Morgan fingerprint density at radius 3 is 2.57 bits per heavy atom. The molecule has 2 aliphatic rings. The largest absolute Gasteiger partial charge is 0.378 e. The van der Waals surface area contributed by atoms with Gasteiger partial charge in [-0.3, -0.25) is 4.79 Å². The standard InChI is InChI=1S/C18H26N2O2.ClH/c21-18(16-6-10-19-14-16)20-11-7-17(8-12-20)22-13-9-15-4-2-1-3-5-15;/h1-5,16-17,19H,6-14H2;1H. The summed E-state index contributed by atoms with van der Waals surface area (Å²) in [4.78, 5) is 14.4. The van der Waals surface area contributed by atoms with Gasteiger partial charge in [-0.2, -0.15) is 0 Å². The van der Waals surface area contributed by atoms with Crippen LogP contribution in [-0.4, -0.2) is 49.7 Å². The number of nitrogens with one attached hydrogen (secondary N) is 1. The number of halogens is 1. The van der Waals surface area contributed by atoms with Crippen molar-refractivity contribution >= 4 is 18.3 Å². The third-order valence-corrected chi connectivity index (χ3v) is 4.75. The van der Waals surface area contributed by atoms with Crippen molar-refractivity contribution in [3.63, 3.8) is 0 Å². The Bertz CT molecular complexity index is 469. The summed E-state index contributed by atoms with van der Waals surface area (Å²) >= 11 is 0. The van der Waals surface area contributed by atoms with Crippen molar-refractivity contribution in [2.45, 2.75) is 31.8 Å². The summed E-state index contributed by atoms with van der Waals surface area (Å²) in [7, 11) is 0. The zero-order chi connectivity index (χ0) is 15.2. The lowest BCUT2D eigenvalue weighted by atomic mass is 10.0. The molecule has 1 N–H and O–H groups in total. The minimum atomic E-state index is 0. The maximum Gasteiger partial charge on any atom is 0.227 e. The lowest BCUT2D eigenvalue weighted by Gasteiger charge is -2.33. The number of likely N-dealkylation sites (tertiary alicyclic amines) is 1. The molecular weight excluding hydrogens is 312 g/mol. The number of rotatable bonds is 5. The van der Waals surface area contributed by atoms with Gasteiger partial charge in [0.25, 0.3) is 0 Å². The molecule has 128 valence electrons. The van der Waals surface area contributed by atoms with Crippen LogP contribution in [0.4, 0.5) is 0 Å². The maximum absolute atomic E-state index is 12.4. The second-order valence-corrected chi connectivity index (χ2v) is 6.32. The van der Waals surface area contributed by atoms with Crippen LogP contribution in [0.1, 0.15) is 24.8 Å². The molecule has 1 atom stereocenters. The van der Waals surface area contributed by atoms with Crippen LogP contribution in [0.5, 0.6) is 0 Å². The van der Waals surface area contributed by atoms with Gasteiger partial charge in [-0.1, -0.05) is 30.3 Å². The summed E-state index contributed by atoms with van der Waals surface area (Å²) < 4.78 is 5.99. The van der Waals surface area contributed by atoms with Gasteiger partial charge >= 0.3 is 0 Å². The highest BCUT2D eigenvalue weighted by atomic mass is 35.5. The van der Waals surface area contributed by atoms with Crippen molar-refractivity contribution in [1.29, 1.82) is 0 Å². The fraction of sp³-hybridized carbons (Fsp3) is 0.611. The van der Waals surface area contributed by atoms with Crippen LogP contribution in [0.3, 0.4) is 0 Å². The Labute approximate surface area is 145 Å². The SMILES string of the molecule is Cl.O=C(C1CCNC1)N1CCC(OCCc2ccccc2)CC1. The van der Waals surface area contributed by atoms with Gasteiger partial charge < -0.3 is 15.0 Å². The summed E-state index contributed by atoms with van der Waals surface area (Å²) in [5.74, 6) is 0.545. The molecule has 2 fully saturated rings. The van der Waals surface area contributed by atoms with Gasteiger partial charge in [0.05, 0.1) is 18.6 Å². The van der Waals surface area contributed by atoms with Crippen molar-refractivity contribution in [1.82, 2.24) is 10.2 Å². The molecule has 4 nitrogen and oxygen atoms in total. The molecule has 0 bridgehead atoms. The molecule has 0 aromatic heterocycles. The number of nitrogens with zero attached hydrogens (tertiary/aromatic N) is 1. The van der Waals surface area contributed by atoms with Crippen molar-refractivity contribution in [2.24, 2.45) is 5.92 Å². The van der Waals surface area contributed by atoms with E-state index in [2.05, 4.69) is 29.6 Å². The first-order valence-corrected chi connectivity index (χ1v) is 8.48. The summed E-state index contributed by atoms with van der Waals surface area (Å²) in [5, 5.41) is 3.27. The Hall–Kier alpha value is -1.10. The highest BCUT2D eigenvalue weighted by Crippen LogP contribution is 2.19. The molecule has 2 heterocycles. The van der Waals surface area contributed by atoms with Gasteiger partial charge in [-0.25, -0.2) is 0 Å². The Balaban J connectivity index is 0.00000192. The lowest BCUT2D eigenvalue weighted by Crippen LogP contribution is -2.44. The second kappa shape index (κ2) is 9.26. The molecule has 0 radical (unpaired) electrons. The van der Waals surface area contributed by atoms with Crippen LogP contribution >= 0.6 is 12.4 Å². The number of benzene rings is 1. The average Bonchev–Trinajstić information content (AvgIpc) is 3.10. The molecule has 2 saturated heterocycles. The van der Waals surface area contributed by atoms with Gasteiger partial charge in [0.15, 0.2) is 0 Å². The number of carbonyl (C=O) groups is 1. The summed E-state index contributed by atoms with van der Waals surface area (Å²) in [6.45, 7) is 4.31.